The van der Waals surface area contributed by atoms with E-state index in [1.54, 1.807) is 4.90 Å². The van der Waals surface area contributed by atoms with E-state index in [1.165, 1.54) is 6.08 Å². The maximum Gasteiger partial charge on any atom is 0.246 e. The molecule has 218 valence electrons. The number of amides is 1. The highest BCUT2D eigenvalue weighted by molar-refractivity contribution is 5.96. The van der Waals surface area contributed by atoms with E-state index < -0.39 is 0 Å². The molecule has 1 aromatic heterocycles. The first-order valence-electron chi connectivity index (χ1n) is 14.8. The van der Waals surface area contributed by atoms with Gasteiger partial charge in [0.25, 0.3) is 0 Å². The van der Waals surface area contributed by atoms with Crippen molar-refractivity contribution in [2.75, 3.05) is 64.4 Å². The first-order valence-corrected chi connectivity index (χ1v) is 14.8. The number of fused-ring (bicyclic) bond motifs is 2. The molecule has 0 aromatic carbocycles. The molecule has 1 aromatic rings. The van der Waals surface area contributed by atoms with Gasteiger partial charge in [0.15, 0.2) is 0 Å². The standard InChI is InChI=1S/C31H37N9O2/c1-3-29(41)39-17-16-38(19-22(39)9-11-32)30-24-10-14-37(28-8-4-7-27-34-12-15-40(27)28)20-26(24)35-31(25(30)18-33)42-21-23-6-5-13-36(23)2/h3-4,7-8,22-23H,1,5-6,9-10,12-17,19-21H2,2H3/t22-,23-/m0/s1. The number of allylic oxidation sites excluding steroid dienone is 2. The van der Waals surface area contributed by atoms with Crippen LogP contribution in [-0.2, 0) is 17.8 Å². The van der Waals surface area contributed by atoms with Crippen LogP contribution < -0.4 is 9.64 Å². The predicted octanol–water partition coefficient (Wildman–Crippen LogP) is 2.03. The summed E-state index contributed by atoms with van der Waals surface area (Å²) < 4.78 is 6.38. The second-order valence-electron chi connectivity index (χ2n) is 11.4. The molecule has 11 heteroatoms. The van der Waals surface area contributed by atoms with Crippen molar-refractivity contribution in [2.24, 2.45) is 4.99 Å². The average Bonchev–Trinajstić information content (AvgIpc) is 3.67. The highest BCUT2D eigenvalue weighted by Crippen LogP contribution is 2.39. The molecule has 2 fully saturated rings. The van der Waals surface area contributed by atoms with Crippen LogP contribution in [0, 0.1) is 22.7 Å². The fourth-order valence-electron chi connectivity index (χ4n) is 6.82. The van der Waals surface area contributed by atoms with Crippen LogP contribution in [0.2, 0.25) is 0 Å². The number of hydrogen-bond donors (Lipinski definition) is 0. The third-order valence-electron chi connectivity index (χ3n) is 9.04. The van der Waals surface area contributed by atoms with Gasteiger partial charge in [0, 0.05) is 44.3 Å². The lowest BCUT2D eigenvalue weighted by Gasteiger charge is -2.43. The number of piperazine rings is 1. The lowest BCUT2D eigenvalue weighted by atomic mass is 9.97. The molecular weight excluding hydrogens is 530 g/mol. The fourth-order valence-corrected chi connectivity index (χ4v) is 6.82. The molecule has 0 spiro atoms. The van der Waals surface area contributed by atoms with Crippen molar-refractivity contribution >= 4 is 17.4 Å². The van der Waals surface area contributed by atoms with E-state index in [4.69, 9.17) is 9.72 Å². The number of rotatable bonds is 7. The molecule has 0 radical (unpaired) electrons. The van der Waals surface area contributed by atoms with Gasteiger partial charge in [0.05, 0.1) is 43.0 Å². The normalized spacial score (nSPS) is 23.5. The molecular formula is C31H37N9O2. The number of pyridine rings is 1. The third-order valence-corrected chi connectivity index (χ3v) is 9.04. The zero-order valence-electron chi connectivity index (χ0n) is 24.2. The summed E-state index contributed by atoms with van der Waals surface area (Å²) in [5.41, 5.74) is 3.23. The lowest BCUT2D eigenvalue weighted by molar-refractivity contribution is -0.128. The molecule has 0 unspecified atom stereocenters. The van der Waals surface area contributed by atoms with Gasteiger partial charge in [0.1, 0.15) is 29.9 Å². The molecule has 6 heterocycles. The van der Waals surface area contributed by atoms with Gasteiger partial charge in [-0.3, -0.25) is 9.79 Å². The second-order valence-corrected chi connectivity index (χ2v) is 11.4. The zero-order chi connectivity index (χ0) is 29.2. The van der Waals surface area contributed by atoms with E-state index in [1.807, 2.05) is 6.08 Å². The Labute approximate surface area is 247 Å². The van der Waals surface area contributed by atoms with Gasteiger partial charge in [-0.1, -0.05) is 12.7 Å². The number of aromatic nitrogens is 1. The number of anilines is 1. The van der Waals surface area contributed by atoms with Crippen molar-refractivity contribution in [3.8, 4) is 18.0 Å². The van der Waals surface area contributed by atoms with Gasteiger partial charge >= 0.3 is 0 Å². The molecule has 0 aliphatic carbocycles. The molecule has 11 nitrogen and oxygen atoms in total. The highest BCUT2D eigenvalue weighted by Gasteiger charge is 2.36. The summed E-state index contributed by atoms with van der Waals surface area (Å²) in [6, 6.07) is 4.66. The van der Waals surface area contributed by atoms with Crippen molar-refractivity contribution in [3.63, 3.8) is 0 Å². The Kier molecular flexibility index (Phi) is 7.86. The largest absolute Gasteiger partial charge is 0.475 e. The SMILES string of the molecule is C=CC(=O)N1CCN(c2c(C#N)c(OC[C@@H]3CCCN3C)nc3c2CCN(C2=CC=CC4=NCCN24)C3)C[C@@H]1CC#N. The Morgan fingerprint density at radius 2 is 2.07 bits per heavy atom. The Morgan fingerprint density at radius 1 is 1.19 bits per heavy atom. The van der Waals surface area contributed by atoms with E-state index >= 15 is 0 Å². The first-order chi connectivity index (χ1) is 20.5. The lowest BCUT2D eigenvalue weighted by Crippen LogP contribution is -2.55. The zero-order valence-corrected chi connectivity index (χ0v) is 24.2. The average molecular weight is 568 g/mol. The van der Waals surface area contributed by atoms with E-state index in [9.17, 15) is 15.3 Å². The van der Waals surface area contributed by atoms with Gasteiger partial charge in [-0.05, 0) is 51.1 Å². The van der Waals surface area contributed by atoms with Crippen LogP contribution in [-0.4, -0.2) is 108 Å². The number of aliphatic imine (C=N–C) groups is 1. The quantitative estimate of drug-likeness (QED) is 0.457. The van der Waals surface area contributed by atoms with Crippen LogP contribution in [0.15, 0.2) is 41.7 Å². The highest BCUT2D eigenvalue weighted by atomic mass is 16.5. The van der Waals surface area contributed by atoms with Crippen LogP contribution >= 0.6 is 0 Å². The van der Waals surface area contributed by atoms with E-state index in [-0.39, 0.29) is 24.4 Å². The van der Waals surface area contributed by atoms with Gasteiger partial charge in [-0.15, -0.1) is 0 Å². The van der Waals surface area contributed by atoms with Gasteiger partial charge in [-0.25, -0.2) is 4.98 Å². The Bertz CT molecular complexity index is 1430. The minimum Gasteiger partial charge on any atom is -0.475 e. The third kappa shape index (κ3) is 5.10. The molecule has 0 saturated carbocycles. The molecule has 5 aliphatic rings. The summed E-state index contributed by atoms with van der Waals surface area (Å²) in [7, 11) is 2.11. The molecule has 42 heavy (non-hydrogen) atoms. The molecule has 0 N–H and O–H groups in total. The summed E-state index contributed by atoms with van der Waals surface area (Å²) in [6.07, 6.45) is 10.6. The maximum atomic E-state index is 12.6. The molecule has 1 amide bonds. The van der Waals surface area contributed by atoms with Crippen LogP contribution in [0.3, 0.4) is 0 Å². The Balaban J connectivity index is 1.36. The van der Waals surface area contributed by atoms with Gasteiger partial charge in [-0.2, -0.15) is 10.5 Å². The van der Waals surface area contributed by atoms with Gasteiger partial charge < -0.3 is 29.2 Å². The van der Waals surface area contributed by atoms with Crippen LogP contribution in [0.1, 0.15) is 36.1 Å². The molecule has 5 aliphatic heterocycles. The molecule has 2 atom stereocenters. The number of carbonyl (C=O) groups is 1. The Hall–Kier alpha value is -4.35. The summed E-state index contributed by atoms with van der Waals surface area (Å²) in [4.78, 5) is 33.0. The van der Waals surface area contributed by atoms with Crippen LogP contribution in [0.25, 0.3) is 0 Å². The predicted molar refractivity (Wildman–Crippen MR) is 159 cm³/mol. The van der Waals surface area contributed by atoms with Crippen LogP contribution in [0.5, 0.6) is 5.88 Å². The smallest absolute Gasteiger partial charge is 0.246 e. The number of carbonyl (C=O) groups excluding carboxylic acids is 1. The minimum atomic E-state index is -0.298. The number of nitrogens with zero attached hydrogens (tertiary/aromatic N) is 9. The topological polar surface area (TPSA) is 115 Å². The number of likely N-dealkylation sites (N-methyl/N-ethyl adjacent to an activating group) is 1. The number of ether oxygens (including phenoxy) is 1. The number of hydrogen-bond acceptors (Lipinski definition) is 10. The van der Waals surface area contributed by atoms with Crippen molar-refractivity contribution in [1.29, 1.82) is 10.5 Å². The van der Waals surface area contributed by atoms with Gasteiger partial charge in [0.2, 0.25) is 11.8 Å². The molecule has 6 rings (SSSR count). The molecule has 2 saturated heterocycles. The summed E-state index contributed by atoms with van der Waals surface area (Å²) in [6.45, 7) is 9.62. The van der Waals surface area contributed by atoms with E-state index in [0.717, 1.165) is 67.6 Å². The number of amidine groups is 1. The molecule has 0 bridgehead atoms. The summed E-state index contributed by atoms with van der Waals surface area (Å²) in [5.74, 6) is 2.31. The minimum absolute atomic E-state index is 0.174. The summed E-state index contributed by atoms with van der Waals surface area (Å²) in [5, 5.41) is 20.0. The number of likely N-dealkylation sites (tertiary alicyclic amines) is 1. The monoisotopic (exact) mass is 567 g/mol. The van der Waals surface area contributed by atoms with Crippen molar-refractivity contribution in [2.45, 2.75) is 44.3 Å². The fraction of sp³-hybridized carbons (Fsp3) is 0.516. The number of nitriles is 2. The Morgan fingerprint density at radius 3 is 2.83 bits per heavy atom. The summed E-state index contributed by atoms with van der Waals surface area (Å²) >= 11 is 0. The van der Waals surface area contributed by atoms with Crippen molar-refractivity contribution < 1.29 is 9.53 Å². The van der Waals surface area contributed by atoms with E-state index in [0.29, 0.717) is 50.7 Å². The first kappa shape index (κ1) is 27.8. The maximum absolute atomic E-state index is 12.6. The van der Waals surface area contributed by atoms with Crippen molar-refractivity contribution in [1.82, 2.24) is 24.6 Å². The second kappa shape index (κ2) is 11.9. The van der Waals surface area contributed by atoms with Crippen LogP contribution in [0.4, 0.5) is 5.69 Å². The van der Waals surface area contributed by atoms with Crippen molar-refractivity contribution in [3.05, 3.63) is 53.5 Å². The van der Waals surface area contributed by atoms with E-state index in [2.05, 4.69) is 62.5 Å².